The summed E-state index contributed by atoms with van der Waals surface area (Å²) in [6.07, 6.45) is 8.52. The van der Waals surface area contributed by atoms with Gasteiger partial charge in [-0.05, 0) is 25.3 Å². The normalized spacial score (nSPS) is 17.9. The molecule has 0 aromatic carbocycles. The van der Waals surface area contributed by atoms with Crippen molar-refractivity contribution in [2.75, 3.05) is 13.2 Å². The molecule has 4 heteroatoms. The highest BCUT2D eigenvalue weighted by molar-refractivity contribution is 5.98. The summed E-state index contributed by atoms with van der Waals surface area (Å²) in [4.78, 5) is 24.3. The number of ether oxygens (including phenoxy) is 2. The first kappa shape index (κ1) is 16.2. The topological polar surface area (TPSA) is 52.6 Å². The largest absolute Gasteiger partial charge is 0.465 e. The Kier molecular flexibility index (Phi) is 6.77. The van der Waals surface area contributed by atoms with E-state index < -0.39 is 17.9 Å². The van der Waals surface area contributed by atoms with Crippen molar-refractivity contribution in [3.8, 4) is 0 Å². The van der Waals surface area contributed by atoms with Crippen molar-refractivity contribution >= 4 is 11.9 Å². The molecular formula is C16H22O4. The predicted molar refractivity (Wildman–Crippen MR) is 77.0 cm³/mol. The Balaban J connectivity index is 2.97. The molecule has 0 saturated heterocycles. The van der Waals surface area contributed by atoms with Crippen LogP contribution < -0.4 is 0 Å². The lowest BCUT2D eigenvalue weighted by Crippen LogP contribution is -2.25. The van der Waals surface area contributed by atoms with Crippen LogP contribution in [-0.4, -0.2) is 25.2 Å². The second-order valence-corrected chi connectivity index (χ2v) is 4.62. The molecule has 0 aromatic rings. The first-order chi connectivity index (χ1) is 9.61. The van der Waals surface area contributed by atoms with E-state index in [0.29, 0.717) is 18.8 Å². The van der Waals surface area contributed by atoms with Crippen LogP contribution in [-0.2, 0) is 19.1 Å². The first-order valence-corrected chi connectivity index (χ1v) is 7.01. The summed E-state index contributed by atoms with van der Waals surface area (Å²) >= 11 is 0. The summed E-state index contributed by atoms with van der Waals surface area (Å²) in [6, 6.07) is 0. The zero-order chi connectivity index (χ0) is 15.0. The monoisotopic (exact) mass is 278 g/mol. The number of allylic oxidation sites excluding steroid dienone is 4. The lowest BCUT2D eigenvalue weighted by Gasteiger charge is -2.16. The second-order valence-electron chi connectivity index (χ2n) is 4.62. The zero-order valence-corrected chi connectivity index (χ0v) is 12.3. The van der Waals surface area contributed by atoms with Gasteiger partial charge in [0, 0.05) is 0 Å². The molecule has 1 aliphatic carbocycles. The highest BCUT2D eigenvalue weighted by atomic mass is 16.5. The van der Waals surface area contributed by atoms with Gasteiger partial charge >= 0.3 is 11.9 Å². The van der Waals surface area contributed by atoms with Gasteiger partial charge in [0.25, 0.3) is 0 Å². The zero-order valence-electron chi connectivity index (χ0n) is 12.3. The average molecular weight is 278 g/mol. The van der Waals surface area contributed by atoms with Gasteiger partial charge in [0.05, 0.1) is 18.8 Å². The Morgan fingerprint density at radius 2 is 1.75 bits per heavy atom. The lowest BCUT2D eigenvalue weighted by atomic mass is 9.95. The molecule has 1 unspecified atom stereocenters. The molecule has 0 amide bonds. The van der Waals surface area contributed by atoms with Crippen LogP contribution in [0.2, 0.25) is 0 Å². The van der Waals surface area contributed by atoms with Crippen LogP contribution in [0.4, 0.5) is 0 Å². The number of hydrogen-bond acceptors (Lipinski definition) is 4. The van der Waals surface area contributed by atoms with Crippen LogP contribution in [0.5, 0.6) is 0 Å². The molecule has 0 spiro atoms. The van der Waals surface area contributed by atoms with Gasteiger partial charge in [-0.15, -0.1) is 0 Å². The van der Waals surface area contributed by atoms with Crippen molar-refractivity contribution in [3.63, 3.8) is 0 Å². The van der Waals surface area contributed by atoms with Crippen LogP contribution in [0.1, 0.15) is 33.6 Å². The standard InChI is InChI=1S/C16H22O4/c1-4-10-19-15(17)13-9-7-6-8-12(3)14(13)16(18)20-11-5-2/h6-9,13H,4-5,10-11H2,1-3H3. The molecule has 0 radical (unpaired) electrons. The van der Waals surface area contributed by atoms with Crippen molar-refractivity contribution in [2.45, 2.75) is 33.6 Å². The molecule has 4 nitrogen and oxygen atoms in total. The minimum atomic E-state index is -0.694. The second kappa shape index (κ2) is 8.35. The van der Waals surface area contributed by atoms with Crippen molar-refractivity contribution in [3.05, 3.63) is 35.5 Å². The van der Waals surface area contributed by atoms with E-state index in [2.05, 4.69) is 0 Å². The smallest absolute Gasteiger partial charge is 0.335 e. The Hall–Kier alpha value is -1.84. The molecule has 0 bridgehead atoms. The van der Waals surface area contributed by atoms with Crippen LogP contribution in [0.25, 0.3) is 0 Å². The molecule has 0 heterocycles. The fraction of sp³-hybridized carbons (Fsp3) is 0.500. The van der Waals surface area contributed by atoms with Gasteiger partial charge in [0.1, 0.15) is 5.92 Å². The summed E-state index contributed by atoms with van der Waals surface area (Å²) in [6.45, 7) is 6.35. The Bertz CT molecular complexity index is 443. The van der Waals surface area contributed by atoms with Gasteiger partial charge in [0.15, 0.2) is 0 Å². The molecule has 0 saturated carbocycles. The molecule has 0 fully saturated rings. The molecule has 1 rings (SSSR count). The average Bonchev–Trinajstić information content (AvgIpc) is 2.63. The van der Waals surface area contributed by atoms with Gasteiger partial charge < -0.3 is 9.47 Å². The van der Waals surface area contributed by atoms with E-state index in [1.807, 2.05) is 13.8 Å². The highest BCUT2D eigenvalue weighted by Crippen LogP contribution is 2.24. The molecular weight excluding hydrogens is 256 g/mol. The SMILES string of the molecule is CCCOC(=O)C1=C(C)C=CC=CC1C(=O)OCCC. The van der Waals surface area contributed by atoms with Crippen LogP contribution in [0.3, 0.4) is 0 Å². The fourth-order valence-corrected chi connectivity index (χ4v) is 1.86. The van der Waals surface area contributed by atoms with Gasteiger partial charge in [0.2, 0.25) is 0 Å². The van der Waals surface area contributed by atoms with E-state index >= 15 is 0 Å². The van der Waals surface area contributed by atoms with E-state index in [9.17, 15) is 9.59 Å². The minimum absolute atomic E-state index is 0.347. The fourth-order valence-electron chi connectivity index (χ4n) is 1.86. The maximum Gasteiger partial charge on any atom is 0.335 e. The number of carbonyl (C=O) groups excluding carboxylic acids is 2. The highest BCUT2D eigenvalue weighted by Gasteiger charge is 2.30. The Morgan fingerprint density at radius 3 is 2.40 bits per heavy atom. The molecule has 0 N–H and O–H groups in total. The van der Waals surface area contributed by atoms with Gasteiger partial charge in [-0.1, -0.05) is 38.2 Å². The first-order valence-electron chi connectivity index (χ1n) is 7.01. The van der Waals surface area contributed by atoms with Crippen LogP contribution >= 0.6 is 0 Å². The van der Waals surface area contributed by atoms with Crippen LogP contribution in [0, 0.1) is 5.92 Å². The third-order valence-electron chi connectivity index (χ3n) is 2.86. The van der Waals surface area contributed by atoms with E-state index in [0.717, 1.165) is 18.4 Å². The lowest BCUT2D eigenvalue weighted by molar-refractivity contribution is -0.149. The Morgan fingerprint density at radius 1 is 1.10 bits per heavy atom. The van der Waals surface area contributed by atoms with Crippen molar-refractivity contribution < 1.29 is 19.1 Å². The molecule has 1 aliphatic rings. The predicted octanol–water partition coefficient (Wildman–Crippen LogP) is 2.95. The quantitative estimate of drug-likeness (QED) is 0.701. The Labute approximate surface area is 120 Å². The number of hydrogen-bond donors (Lipinski definition) is 0. The molecule has 0 aromatic heterocycles. The maximum absolute atomic E-state index is 12.2. The number of rotatable bonds is 6. The summed E-state index contributed by atoms with van der Waals surface area (Å²) in [7, 11) is 0. The summed E-state index contributed by atoms with van der Waals surface area (Å²) in [5.41, 5.74) is 1.10. The van der Waals surface area contributed by atoms with E-state index in [4.69, 9.17) is 9.47 Å². The number of esters is 2. The van der Waals surface area contributed by atoms with E-state index in [1.54, 1.807) is 31.2 Å². The van der Waals surface area contributed by atoms with Gasteiger partial charge in [-0.2, -0.15) is 0 Å². The molecule has 1 atom stereocenters. The van der Waals surface area contributed by atoms with Gasteiger partial charge in [-0.25, -0.2) is 4.79 Å². The van der Waals surface area contributed by atoms with Gasteiger partial charge in [-0.3, -0.25) is 4.79 Å². The minimum Gasteiger partial charge on any atom is -0.465 e. The molecule has 110 valence electrons. The van der Waals surface area contributed by atoms with E-state index in [1.165, 1.54) is 0 Å². The molecule has 0 aliphatic heterocycles. The summed E-state index contributed by atoms with van der Waals surface area (Å²) < 4.78 is 10.3. The third kappa shape index (κ3) is 4.37. The van der Waals surface area contributed by atoms with Crippen molar-refractivity contribution in [1.82, 2.24) is 0 Å². The summed E-state index contributed by atoms with van der Waals surface area (Å²) in [5, 5.41) is 0. The maximum atomic E-state index is 12.2. The third-order valence-corrected chi connectivity index (χ3v) is 2.86. The van der Waals surface area contributed by atoms with Crippen molar-refractivity contribution in [2.24, 2.45) is 5.92 Å². The van der Waals surface area contributed by atoms with Crippen LogP contribution in [0.15, 0.2) is 35.5 Å². The molecule has 20 heavy (non-hydrogen) atoms. The van der Waals surface area contributed by atoms with Crippen molar-refractivity contribution in [1.29, 1.82) is 0 Å². The number of carbonyl (C=O) groups is 2. The van der Waals surface area contributed by atoms with E-state index in [-0.39, 0.29) is 0 Å². The summed E-state index contributed by atoms with van der Waals surface area (Å²) in [5.74, 6) is -1.55.